The molecule has 1 unspecified atom stereocenters. The van der Waals surface area contributed by atoms with E-state index in [2.05, 4.69) is 30.1 Å². The monoisotopic (exact) mass is 283 g/mol. The number of hydrogen-bond donors (Lipinski definition) is 1. The lowest BCUT2D eigenvalue weighted by Gasteiger charge is -2.20. The summed E-state index contributed by atoms with van der Waals surface area (Å²) in [5.74, 6) is -0.522. The molecule has 1 atom stereocenters. The van der Waals surface area contributed by atoms with E-state index in [0.29, 0.717) is 12.1 Å². The summed E-state index contributed by atoms with van der Waals surface area (Å²) in [5.41, 5.74) is 0.301. The summed E-state index contributed by atoms with van der Waals surface area (Å²) < 4.78 is 13.8. The fraction of sp³-hybridized carbons (Fsp3) is 0.500. The van der Waals surface area contributed by atoms with Crippen LogP contribution in [0.3, 0.4) is 0 Å². The molecule has 0 aliphatic carbocycles. The van der Waals surface area contributed by atoms with Crippen LogP contribution in [0.4, 0.5) is 4.39 Å². The van der Waals surface area contributed by atoms with E-state index in [1.165, 1.54) is 6.07 Å². The number of nitrogens with zero attached hydrogens (tertiary/aromatic N) is 2. The first-order valence-electron chi connectivity index (χ1n) is 6.43. The van der Waals surface area contributed by atoms with Gasteiger partial charge in [0.25, 0.3) is 0 Å². The van der Waals surface area contributed by atoms with E-state index in [0.717, 1.165) is 19.6 Å². The van der Waals surface area contributed by atoms with Crippen LogP contribution >= 0.6 is 11.6 Å². The Kier molecular flexibility index (Phi) is 6.79. The molecule has 0 saturated carbocycles. The maximum Gasteiger partial charge on any atom is 0.147 e. The van der Waals surface area contributed by atoms with Gasteiger partial charge in [0.1, 0.15) is 11.9 Å². The Morgan fingerprint density at radius 1 is 1.42 bits per heavy atom. The minimum Gasteiger partial charge on any atom is -0.303 e. The third-order valence-electron chi connectivity index (χ3n) is 3.09. The first-order valence-corrected chi connectivity index (χ1v) is 6.81. The third-order valence-corrected chi connectivity index (χ3v) is 3.38. The molecule has 0 aliphatic heterocycles. The van der Waals surface area contributed by atoms with Crippen molar-refractivity contribution >= 4 is 11.6 Å². The van der Waals surface area contributed by atoms with Gasteiger partial charge in [0.2, 0.25) is 0 Å². The Bertz CT molecular complexity index is 441. The van der Waals surface area contributed by atoms with Crippen molar-refractivity contribution in [2.75, 3.05) is 26.2 Å². The van der Waals surface area contributed by atoms with E-state index in [4.69, 9.17) is 16.9 Å². The van der Waals surface area contributed by atoms with Crippen LogP contribution in [0.25, 0.3) is 0 Å². The van der Waals surface area contributed by atoms with E-state index in [1.807, 2.05) is 0 Å². The SMILES string of the molecule is CCN(CC)CCNC(C#N)c1cccc(Cl)c1F. The summed E-state index contributed by atoms with van der Waals surface area (Å²) >= 11 is 5.72. The molecular formula is C14H19ClFN3. The first kappa shape index (κ1) is 15.9. The number of rotatable bonds is 7. The number of likely N-dealkylation sites (N-methyl/N-ethyl adjacent to an activating group) is 1. The minimum atomic E-state index is -0.672. The van der Waals surface area contributed by atoms with Crippen molar-refractivity contribution in [3.8, 4) is 6.07 Å². The minimum absolute atomic E-state index is 0.0447. The van der Waals surface area contributed by atoms with Crippen molar-refractivity contribution in [1.82, 2.24) is 10.2 Å². The van der Waals surface area contributed by atoms with Gasteiger partial charge in [-0.2, -0.15) is 5.26 Å². The summed E-state index contributed by atoms with van der Waals surface area (Å²) in [6, 6.07) is 6.11. The molecular weight excluding hydrogens is 265 g/mol. The van der Waals surface area contributed by atoms with Gasteiger partial charge in [-0.05, 0) is 19.2 Å². The molecule has 5 heteroatoms. The van der Waals surface area contributed by atoms with Crippen molar-refractivity contribution in [1.29, 1.82) is 5.26 Å². The van der Waals surface area contributed by atoms with Crippen LogP contribution in [0.15, 0.2) is 18.2 Å². The maximum atomic E-state index is 13.8. The van der Waals surface area contributed by atoms with Crippen LogP contribution in [-0.2, 0) is 0 Å². The second-order valence-corrected chi connectivity index (χ2v) is 4.59. The molecule has 1 aromatic carbocycles. The molecule has 3 nitrogen and oxygen atoms in total. The smallest absolute Gasteiger partial charge is 0.147 e. The molecule has 0 spiro atoms. The third kappa shape index (κ3) is 4.46. The lowest BCUT2D eigenvalue weighted by molar-refractivity contribution is 0.300. The van der Waals surface area contributed by atoms with Gasteiger partial charge in [-0.25, -0.2) is 4.39 Å². The van der Waals surface area contributed by atoms with Crippen LogP contribution in [0.5, 0.6) is 0 Å². The van der Waals surface area contributed by atoms with Gasteiger partial charge in [-0.15, -0.1) is 0 Å². The molecule has 19 heavy (non-hydrogen) atoms. The van der Waals surface area contributed by atoms with E-state index in [1.54, 1.807) is 12.1 Å². The van der Waals surface area contributed by atoms with E-state index < -0.39 is 11.9 Å². The van der Waals surface area contributed by atoms with Crippen molar-refractivity contribution in [3.63, 3.8) is 0 Å². The Morgan fingerprint density at radius 3 is 2.68 bits per heavy atom. The normalized spacial score (nSPS) is 12.4. The van der Waals surface area contributed by atoms with Gasteiger partial charge < -0.3 is 4.90 Å². The molecule has 0 bridgehead atoms. The van der Waals surface area contributed by atoms with Gasteiger partial charge in [-0.1, -0.05) is 37.6 Å². The second-order valence-electron chi connectivity index (χ2n) is 4.19. The number of nitriles is 1. The van der Waals surface area contributed by atoms with Crippen LogP contribution in [0.2, 0.25) is 5.02 Å². The molecule has 0 aliphatic rings. The molecule has 1 aromatic rings. The fourth-order valence-electron chi connectivity index (χ4n) is 1.88. The van der Waals surface area contributed by atoms with Crippen molar-refractivity contribution < 1.29 is 4.39 Å². The lowest BCUT2D eigenvalue weighted by atomic mass is 10.1. The van der Waals surface area contributed by atoms with Crippen LogP contribution in [0.1, 0.15) is 25.5 Å². The van der Waals surface area contributed by atoms with Gasteiger partial charge in [0, 0.05) is 18.7 Å². The Morgan fingerprint density at radius 2 is 2.11 bits per heavy atom. The number of nitrogens with one attached hydrogen (secondary N) is 1. The molecule has 0 aromatic heterocycles. The largest absolute Gasteiger partial charge is 0.303 e. The summed E-state index contributed by atoms with van der Waals surface area (Å²) in [6.07, 6.45) is 0. The summed E-state index contributed by atoms with van der Waals surface area (Å²) in [6.45, 7) is 7.55. The summed E-state index contributed by atoms with van der Waals surface area (Å²) in [7, 11) is 0. The number of benzene rings is 1. The molecule has 0 amide bonds. The Labute approximate surface area is 119 Å². The quantitative estimate of drug-likeness (QED) is 0.836. The second kappa shape index (κ2) is 8.11. The molecule has 1 rings (SSSR count). The van der Waals surface area contributed by atoms with Gasteiger partial charge in [0.05, 0.1) is 11.1 Å². The van der Waals surface area contributed by atoms with Gasteiger partial charge in [-0.3, -0.25) is 5.32 Å². The first-order chi connectivity index (χ1) is 9.13. The number of hydrogen-bond acceptors (Lipinski definition) is 3. The average molecular weight is 284 g/mol. The summed E-state index contributed by atoms with van der Waals surface area (Å²) in [4.78, 5) is 2.23. The van der Waals surface area contributed by atoms with Crippen LogP contribution < -0.4 is 5.32 Å². The highest BCUT2D eigenvalue weighted by molar-refractivity contribution is 6.30. The predicted octanol–water partition coefficient (Wildman–Crippen LogP) is 2.98. The topological polar surface area (TPSA) is 39.1 Å². The number of halogens is 2. The van der Waals surface area contributed by atoms with E-state index in [9.17, 15) is 4.39 Å². The van der Waals surface area contributed by atoms with E-state index >= 15 is 0 Å². The molecule has 0 radical (unpaired) electrons. The van der Waals surface area contributed by atoms with Crippen molar-refractivity contribution in [2.24, 2.45) is 0 Å². The van der Waals surface area contributed by atoms with Gasteiger partial charge >= 0.3 is 0 Å². The maximum absolute atomic E-state index is 13.8. The zero-order valence-electron chi connectivity index (χ0n) is 11.3. The average Bonchev–Trinajstić information content (AvgIpc) is 2.43. The highest BCUT2D eigenvalue weighted by Crippen LogP contribution is 2.22. The van der Waals surface area contributed by atoms with E-state index in [-0.39, 0.29) is 5.02 Å². The molecule has 0 heterocycles. The Hall–Kier alpha value is -1.15. The van der Waals surface area contributed by atoms with Crippen molar-refractivity contribution in [2.45, 2.75) is 19.9 Å². The molecule has 0 fully saturated rings. The Balaban J connectivity index is 2.64. The molecule has 1 N–H and O–H groups in total. The summed E-state index contributed by atoms with van der Waals surface area (Å²) in [5, 5.41) is 12.2. The molecule has 0 saturated heterocycles. The molecule has 104 valence electrons. The highest BCUT2D eigenvalue weighted by Gasteiger charge is 2.16. The van der Waals surface area contributed by atoms with Crippen LogP contribution in [0, 0.1) is 17.1 Å². The zero-order valence-corrected chi connectivity index (χ0v) is 12.0. The van der Waals surface area contributed by atoms with Crippen LogP contribution in [-0.4, -0.2) is 31.1 Å². The van der Waals surface area contributed by atoms with Crippen molar-refractivity contribution in [3.05, 3.63) is 34.6 Å². The highest BCUT2D eigenvalue weighted by atomic mass is 35.5. The zero-order chi connectivity index (χ0) is 14.3. The lowest BCUT2D eigenvalue weighted by Crippen LogP contribution is -2.33. The predicted molar refractivity (Wildman–Crippen MR) is 75.6 cm³/mol. The van der Waals surface area contributed by atoms with Gasteiger partial charge in [0.15, 0.2) is 0 Å². The fourth-order valence-corrected chi connectivity index (χ4v) is 2.06. The standard InChI is InChI=1S/C14H19ClFN3/c1-3-19(4-2)9-8-18-13(10-17)11-6-5-7-12(15)14(11)16/h5-7,13,18H,3-4,8-9H2,1-2H3.